The van der Waals surface area contributed by atoms with Gasteiger partial charge >= 0.3 is 7.12 Å². The van der Waals surface area contributed by atoms with Gasteiger partial charge in [-0.25, -0.2) is 9.97 Å². The van der Waals surface area contributed by atoms with Gasteiger partial charge in [0.1, 0.15) is 13.3 Å². The van der Waals surface area contributed by atoms with Gasteiger partial charge in [0.15, 0.2) is 0 Å². The molecule has 1 saturated heterocycles. The molecule has 3 heterocycles. The van der Waals surface area contributed by atoms with E-state index in [2.05, 4.69) is 15.0 Å². The summed E-state index contributed by atoms with van der Waals surface area (Å²) in [6.07, 6.45) is -0.400. The smallest absolute Gasteiger partial charge is 0.398 e. The van der Waals surface area contributed by atoms with Crippen molar-refractivity contribution in [2.75, 3.05) is 0 Å². The lowest BCUT2D eigenvalue weighted by molar-refractivity contribution is 0.00578. The van der Waals surface area contributed by atoms with Gasteiger partial charge in [0, 0.05) is 17.2 Å². The molecule has 1 fully saturated rings. The Morgan fingerprint density at radius 2 is 1.94 bits per heavy atom. The van der Waals surface area contributed by atoms with E-state index in [0.717, 1.165) is 0 Å². The number of nitrogens with zero attached hydrogens (tertiary/aromatic N) is 2. The van der Waals surface area contributed by atoms with Crippen molar-refractivity contribution in [3.63, 3.8) is 0 Å². The second-order valence-corrected chi connectivity index (χ2v) is 5.41. The Hall–Kier alpha value is -1.40. The van der Waals surface area contributed by atoms with E-state index in [4.69, 9.17) is 13.4 Å². The molecule has 0 aromatic carbocycles. The maximum absolute atomic E-state index is 8.20. The van der Waals surface area contributed by atoms with E-state index < -0.39 is 18.3 Å². The summed E-state index contributed by atoms with van der Waals surface area (Å²) < 4.78 is 35.2. The van der Waals surface area contributed by atoms with Gasteiger partial charge < -0.3 is 14.3 Å². The highest BCUT2D eigenvalue weighted by Crippen LogP contribution is 2.36. The molecule has 0 saturated carbocycles. The Labute approximate surface area is 110 Å². The quantitative estimate of drug-likeness (QED) is 0.772. The number of rotatable bonds is 1. The van der Waals surface area contributed by atoms with Gasteiger partial charge in [-0.05, 0) is 33.7 Å². The predicted molar refractivity (Wildman–Crippen MR) is 69.6 cm³/mol. The van der Waals surface area contributed by atoms with Crippen LogP contribution in [0.25, 0.3) is 11.0 Å². The number of hydrogen-bond acceptors (Lipinski definition) is 4. The molecule has 1 aliphatic rings. The van der Waals surface area contributed by atoms with E-state index in [-0.39, 0.29) is 29.6 Å². The minimum atomic E-state index is -0.731. The zero-order valence-electron chi connectivity index (χ0n) is 13.8. The van der Waals surface area contributed by atoms with Crippen LogP contribution in [0.4, 0.5) is 0 Å². The molecule has 0 atom stereocenters. The maximum Gasteiger partial charge on any atom is 0.512 e. The summed E-state index contributed by atoms with van der Waals surface area (Å²) in [6.45, 7) is 7.71. The van der Waals surface area contributed by atoms with Crippen LogP contribution in [0.1, 0.15) is 31.8 Å². The van der Waals surface area contributed by atoms with E-state index in [0.29, 0.717) is 5.59 Å². The highest BCUT2D eigenvalue weighted by atomic mass is 16.7. The molecule has 0 spiro atoms. The van der Waals surface area contributed by atoms with Crippen LogP contribution in [0, 0.1) is 0 Å². The van der Waals surface area contributed by atoms with Crippen LogP contribution in [0.2, 0.25) is 0 Å². The first-order valence-corrected chi connectivity index (χ1v) is 5.81. The molecule has 0 radical (unpaired) electrons. The van der Waals surface area contributed by atoms with Crippen molar-refractivity contribution in [3.8, 4) is 0 Å². The number of aromatic nitrogens is 3. The molecular weight excluding hydrogens is 229 g/mol. The summed E-state index contributed by atoms with van der Waals surface area (Å²) >= 11 is 0. The van der Waals surface area contributed by atoms with Crippen LogP contribution in [0.15, 0.2) is 18.5 Å². The number of H-pyrrole nitrogens is 1. The number of aromatic amines is 1. The first-order chi connectivity index (χ1) is 9.62. The van der Waals surface area contributed by atoms with Crippen LogP contribution in [-0.2, 0) is 9.31 Å². The van der Waals surface area contributed by atoms with Gasteiger partial charge in [-0.1, -0.05) is 0 Å². The minimum absolute atomic E-state index is 0.0773. The first-order valence-electron chi connectivity index (χ1n) is 7.31. The molecule has 0 bridgehead atoms. The van der Waals surface area contributed by atoms with Crippen LogP contribution in [0.3, 0.4) is 0 Å². The van der Waals surface area contributed by atoms with Gasteiger partial charge in [-0.2, -0.15) is 0 Å². The molecular formula is C12H16BN3O2. The lowest BCUT2D eigenvalue weighted by Gasteiger charge is -2.32. The largest absolute Gasteiger partial charge is 0.512 e. The molecule has 18 heavy (non-hydrogen) atoms. The normalized spacial score (nSPS) is 24.0. The summed E-state index contributed by atoms with van der Waals surface area (Å²) in [5.74, 6) is 0. The zero-order valence-corrected chi connectivity index (χ0v) is 10.8. The van der Waals surface area contributed by atoms with E-state index in [1.54, 1.807) is 0 Å². The first kappa shape index (κ1) is 8.66. The predicted octanol–water partition coefficient (Wildman–Crippen LogP) is 1.26. The van der Waals surface area contributed by atoms with Crippen molar-refractivity contribution < 1.29 is 13.4 Å². The van der Waals surface area contributed by atoms with Crippen LogP contribution in [0.5, 0.6) is 0 Å². The molecule has 6 heteroatoms. The van der Waals surface area contributed by atoms with E-state index in [9.17, 15) is 0 Å². The zero-order chi connectivity index (χ0) is 15.6. The summed E-state index contributed by atoms with van der Waals surface area (Å²) in [4.78, 5) is 10.5. The molecule has 1 N–H and O–H groups in total. The van der Waals surface area contributed by atoms with Crippen molar-refractivity contribution in [2.24, 2.45) is 0 Å². The number of hydrogen-bond donors (Lipinski definition) is 1. The Kier molecular flexibility index (Phi) is 1.71. The molecule has 1 aliphatic heterocycles. The van der Waals surface area contributed by atoms with Gasteiger partial charge in [0.2, 0.25) is 0 Å². The average molecular weight is 248 g/mol. The Balaban J connectivity index is 2.11. The molecule has 94 valence electrons. The van der Waals surface area contributed by atoms with Crippen molar-refractivity contribution in [1.82, 2.24) is 15.0 Å². The second-order valence-electron chi connectivity index (χ2n) is 5.41. The molecule has 5 nitrogen and oxygen atoms in total. The lowest BCUT2D eigenvalue weighted by Crippen LogP contribution is -2.41. The van der Waals surface area contributed by atoms with Gasteiger partial charge in [-0.3, -0.25) is 0 Å². The van der Waals surface area contributed by atoms with Gasteiger partial charge in [0.05, 0.1) is 13.9 Å². The third-order valence-corrected chi connectivity index (χ3v) is 3.62. The second kappa shape index (κ2) is 3.55. The van der Waals surface area contributed by atoms with Crippen LogP contribution >= 0.6 is 0 Å². The SMILES string of the molecule is [2H]c1nc([2H])c2c([2H])c(B3OC(C)(C)C(C)(C)O3)[nH]c2n1. The Morgan fingerprint density at radius 1 is 1.28 bits per heavy atom. The monoisotopic (exact) mass is 248 g/mol. The van der Waals surface area contributed by atoms with Crippen molar-refractivity contribution in [1.29, 1.82) is 0 Å². The van der Waals surface area contributed by atoms with Crippen LogP contribution in [-0.4, -0.2) is 33.3 Å². The molecule has 0 aliphatic carbocycles. The Bertz CT molecular complexity index is 716. The number of nitrogens with one attached hydrogen (secondary N) is 1. The van der Waals surface area contributed by atoms with Crippen LogP contribution < -0.4 is 5.59 Å². The summed E-state index contributed by atoms with van der Waals surface area (Å²) in [7, 11) is -0.731. The standard InChI is InChI=1S/C12H16BN3O2/c1-11(2)12(3,4)18-13(17-11)9-5-8-6-14-7-15-10(8)16-9/h5-7H,1-4H3,(H,14,15,16)/i5D,6D,7D. The topological polar surface area (TPSA) is 60.0 Å². The molecule has 0 unspecified atom stereocenters. The third-order valence-electron chi connectivity index (χ3n) is 3.62. The minimum Gasteiger partial charge on any atom is -0.398 e. The summed E-state index contributed by atoms with van der Waals surface area (Å²) in [5, 5.41) is 0.274. The van der Waals surface area contributed by atoms with E-state index in [1.807, 2.05) is 27.7 Å². The molecule has 2 aromatic rings. The number of fused-ring (bicyclic) bond motifs is 1. The molecule has 0 amide bonds. The van der Waals surface area contributed by atoms with E-state index >= 15 is 0 Å². The maximum atomic E-state index is 8.20. The fourth-order valence-corrected chi connectivity index (χ4v) is 1.81. The van der Waals surface area contributed by atoms with Crippen molar-refractivity contribution in [3.05, 3.63) is 18.5 Å². The highest BCUT2D eigenvalue weighted by Gasteiger charge is 2.52. The van der Waals surface area contributed by atoms with Crippen molar-refractivity contribution in [2.45, 2.75) is 38.9 Å². The van der Waals surface area contributed by atoms with Gasteiger partial charge in [0.25, 0.3) is 0 Å². The Morgan fingerprint density at radius 3 is 2.61 bits per heavy atom. The highest BCUT2D eigenvalue weighted by molar-refractivity contribution is 6.61. The average Bonchev–Trinajstić information content (AvgIpc) is 2.74. The summed E-state index contributed by atoms with van der Waals surface area (Å²) in [6, 6.07) is 0.0773. The third kappa shape index (κ3) is 1.64. The molecule has 2 aromatic heterocycles. The van der Waals surface area contributed by atoms with Crippen molar-refractivity contribution >= 4 is 23.7 Å². The fraction of sp³-hybridized carbons (Fsp3) is 0.500. The fourth-order valence-electron chi connectivity index (χ4n) is 1.81. The molecule has 3 rings (SSSR count). The van der Waals surface area contributed by atoms with E-state index in [1.165, 1.54) is 0 Å². The van der Waals surface area contributed by atoms with Gasteiger partial charge in [-0.15, -0.1) is 0 Å². The lowest BCUT2D eigenvalue weighted by atomic mass is 9.85. The summed E-state index contributed by atoms with van der Waals surface area (Å²) in [5.41, 5.74) is -0.346.